The van der Waals surface area contributed by atoms with Crippen LogP contribution in [0.25, 0.3) is 11.1 Å². The second kappa shape index (κ2) is 14.8. The Morgan fingerprint density at radius 3 is 2.11 bits per heavy atom. The third-order valence-electron chi connectivity index (χ3n) is 8.44. The van der Waals surface area contributed by atoms with Gasteiger partial charge in [-0.05, 0) is 60.9 Å². The zero-order chi connectivity index (χ0) is 30.9. The Hall–Kier alpha value is -4.50. The maximum absolute atomic E-state index is 13.8. The molecule has 0 saturated carbocycles. The van der Waals surface area contributed by atoms with Gasteiger partial charge in [0.15, 0.2) is 0 Å². The molecule has 0 aromatic heterocycles. The van der Waals surface area contributed by atoms with Crippen LogP contribution in [0.3, 0.4) is 0 Å². The lowest BCUT2D eigenvalue weighted by atomic mass is 9.99. The van der Waals surface area contributed by atoms with Crippen molar-refractivity contribution in [1.82, 2.24) is 20.9 Å². The summed E-state index contributed by atoms with van der Waals surface area (Å²) in [6, 6.07) is 24.8. The summed E-state index contributed by atoms with van der Waals surface area (Å²) < 4.78 is 0. The van der Waals surface area contributed by atoms with Crippen LogP contribution in [0.15, 0.2) is 84.9 Å². The molecule has 0 radical (unpaired) electrons. The Balaban J connectivity index is 1.32. The minimum absolute atomic E-state index is 0.0214. The predicted molar refractivity (Wildman–Crippen MR) is 168 cm³/mol. The molecule has 4 atom stereocenters. The Labute approximate surface area is 258 Å². The van der Waals surface area contributed by atoms with Crippen LogP contribution in [0.4, 0.5) is 0 Å². The zero-order valence-corrected chi connectivity index (χ0v) is 24.8. The summed E-state index contributed by atoms with van der Waals surface area (Å²) >= 11 is 0. The SMILES string of the molecule is O=C(C[C@H](Cc1ccccc1)NC(=O)[C@@H]1CCCN1)N[C@@H](Cc1ccc(-c2ccccc2)cc1)C(=O)N1CCC[C@H]1C(=O)O. The summed E-state index contributed by atoms with van der Waals surface area (Å²) in [7, 11) is 0. The van der Waals surface area contributed by atoms with Crippen molar-refractivity contribution in [2.45, 2.75) is 69.1 Å². The van der Waals surface area contributed by atoms with Gasteiger partial charge in [-0.25, -0.2) is 4.79 Å². The first-order chi connectivity index (χ1) is 21.4. The summed E-state index contributed by atoms with van der Waals surface area (Å²) in [5.41, 5.74) is 3.93. The fourth-order valence-corrected chi connectivity index (χ4v) is 6.15. The van der Waals surface area contributed by atoms with Crippen LogP contribution in [0.5, 0.6) is 0 Å². The van der Waals surface area contributed by atoms with E-state index in [4.69, 9.17) is 0 Å². The average molecular weight is 597 g/mol. The molecule has 0 aliphatic carbocycles. The monoisotopic (exact) mass is 596 g/mol. The second-order valence-electron chi connectivity index (χ2n) is 11.7. The van der Waals surface area contributed by atoms with E-state index in [1.807, 2.05) is 84.9 Å². The summed E-state index contributed by atoms with van der Waals surface area (Å²) in [5, 5.41) is 18.9. The van der Waals surface area contributed by atoms with Crippen LogP contribution in [0.1, 0.15) is 43.2 Å². The molecule has 2 saturated heterocycles. The average Bonchev–Trinajstić information content (AvgIpc) is 3.75. The maximum Gasteiger partial charge on any atom is 0.326 e. The number of carboxylic acids is 1. The van der Waals surface area contributed by atoms with Crippen LogP contribution in [0, 0.1) is 0 Å². The van der Waals surface area contributed by atoms with Crippen molar-refractivity contribution in [2.24, 2.45) is 0 Å². The molecule has 3 aromatic rings. The van der Waals surface area contributed by atoms with E-state index >= 15 is 0 Å². The summed E-state index contributed by atoms with van der Waals surface area (Å²) in [6.07, 6.45) is 3.29. The molecule has 2 aliphatic heterocycles. The van der Waals surface area contributed by atoms with Gasteiger partial charge >= 0.3 is 5.97 Å². The Morgan fingerprint density at radius 1 is 0.795 bits per heavy atom. The Kier molecular flexibility index (Phi) is 10.4. The van der Waals surface area contributed by atoms with Gasteiger partial charge in [0.25, 0.3) is 0 Å². The third kappa shape index (κ3) is 8.11. The molecule has 0 unspecified atom stereocenters. The molecular formula is C35H40N4O5. The van der Waals surface area contributed by atoms with E-state index in [2.05, 4.69) is 16.0 Å². The number of hydrogen-bond acceptors (Lipinski definition) is 5. The van der Waals surface area contributed by atoms with Crippen LogP contribution >= 0.6 is 0 Å². The van der Waals surface area contributed by atoms with Crippen LogP contribution in [-0.4, -0.2) is 71.0 Å². The summed E-state index contributed by atoms with van der Waals surface area (Å²) in [5.74, 6) is -1.96. The summed E-state index contributed by atoms with van der Waals surface area (Å²) in [6.45, 7) is 1.11. The van der Waals surface area contributed by atoms with Gasteiger partial charge in [-0.1, -0.05) is 84.9 Å². The predicted octanol–water partition coefficient (Wildman–Crippen LogP) is 3.33. The lowest BCUT2D eigenvalue weighted by Crippen LogP contribution is -2.54. The molecule has 230 valence electrons. The molecule has 4 N–H and O–H groups in total. The van der Waals surface area contributed by atoms with Gasteiger partial charge < -0.3 is 26.0 Å². The third-order valence-corrected chi connectivity index (χ3v) is 8.44. The van der Waals surface area contributed by atoms with Crippen LogP contribution in [-0.2, 0) is 32.0 Å². The van der Waals surface area contributed by atoms with E-state index in [-0.39, 0.29) is 30.7 Å². The van der Waals surface area contributed by atoms with Gasteiger partial charge in [0.1, 0.15) is 12.1 Å². The van der Waals surface area contributed by atoms with E-state index in [1.54, 1.807) is 0 Å². The number of nitrogens with zero attached hydrogens (tertiary/aromatic N) is 1. The van der Waals surface area contributed by atoms with Crippen molar-refractivity contribution < 1.29 is 24.3 Å². The highest BCUT2D eigenvalue weighted by atomic mass is 16.4. The van der Waals surface area contributed by atoms with E-state index < -0.39 is 30.0 Å². The topological polar surface area (TPSA) is 128 Å². The number of likely N-dealkylation sites (tertiary alicyclic amines) is 1. The Morgan fingerprint density at radius 2 is 1.45 bits per heavy atom. The first-order valence-electron chi connectivity index (χ1n) is 15.4. The normalized spacial score (nSPS) is 19.2. The highest BCUT2D eigenvalue weighted by Gasteiger charge is 2.38. The second-order valence-corrected chi connectivity index (χ2v) is 11.7. The van der Waals surface area contributed by atoms with E-state index in [9.17, 15) is 24.3 Å². The van der Waals surface area contributed by atoms with Gasteiger partial charge in [-0.3, -0.25) is 14.4 Å². The molecule has 44 heavy (non-hydrogen) atoms. The largest absolute Gasteiger partial charge is 0.480 e. The van der Waals surface area contributed by atoms with Crippen molar-refractivity contribution in [1.29, 1.82) is 0 Å². The van der Waals surface area contributed by atoms with E-state index in [0.717, 1.165) is 41.6 Å². The van der Waals surface area contributed by atoms with Crippen molar-refractivity contribution in [3.05, 3.63) is 96.1 Å². The zero-order valence-electron chi connectivity index (χ0n) is 24.8. The quantitative estimate of drug-likeness (QED) is 0.254. The Bertz CT molecular complexity index is 1420. The van der Waals surface area contributed by atoms with E-state index in [1.165, 1.54) is 4.90 Å². The molecule has 2 heterocycles. The van der Waals surface area contributed by atoms with Crippen molar-refractivity contribution in [2.75, 3.05) is 13.1 Å². The number of carbonyl (C=O) groups is 4. The van der Waals surface area contributed by atoms with Gasteiger partial charge in [0, 0.05) is 25.4 Å². The number of carbonyl (C=O) groups excluding carboxylic acids is 3. The number of amides is 3. The number of benzene rings is 3. The number of rotatable bonds is 12. The molecule has 3 aromatic carbocycles. The molecular weight excluding hydrogens is 556 g/mol. The summed E-state index contributed by atoms with van der Waals surface area (Å²) in [4.78, 5) is 53.6. The molecule has 0 spiro atoms. The fourth-order valence-electron chi connectivity index (χ4n) is 6.15. The lowest BCUT2D eigenvalue weighted by Gasteiger charge is -2.28. The van der Waals surface area contributed by atoms with E-state index in [0.29, 0.717) is 25.8 Å². The van der Waals surface area contributed by atoms with Gasteiger partial charge in [-0.2, -0.15) is 0 Å². The maximum atomic E-state index is 13.8. The van der Waals surface area contributed by atoms with Crippen LogP contribution < -0.4 is 16.0 Å². The fraction of sp³-hybridized carbons (Fsp3) is 0.371. The van der Waals surface area contributed by atoms with Crippen molar-refractivity contribution in [3.63, 3.8) is 0 Å². The number of aliphatic carboxylic acids is 1. The van der Waals surface area contributed by atoms with Crippen molar-refractivity contribution in [3.8, 4) is 11.1 Å². The molecule has 9 heteroatoms. The van der Waals surface area contributed by atoms with Gasteiger partial charge in [-0.15, -0.1) is 0 Å². The standard InChI is InChI=1S/C35H40N4O5/c40-32(23-28(21-24-9-3-1-4-10-24)37-33(41)29-13-7-19-36-29)38-30(34(42)39-20-8-14-31(39)35(43)44)22-25-15-17-27(18-16-25)26-11-5-2-6-12-26/h1-6,9-12,15-18,28-31,36H,7-8,13-14,19-23H2,(H,37,41)(H,38,40)(H,43,44)/t28-,29-,30-,31-/m0/s1. The van der Waals surface area contributed by atoms with Crippen molar-refractivity contribution >= 4 is 23.7 Å². The first kappa shape index (κ1) is 30.9. The molecule has 2 aliphatic rings. The number of hydrogen-bond donors (Lipinski definition) is 4. The minimum Gasteiger partial charge on any atom is -0.480 e. The highest BCUT2D eigenvalue weighted by Crippen LogP contribution is 2.22. The molecule has 0 bridgehead atoms. The molecule has 9 nitrogen and oxygen atoms in total. The minimum atomic E-state index is -1.04. The smallest absolute Gasteiger partial charge is 0.326 e. The molecule has 5 rings (SSSR count). The lowest BCUT2D eigenvalue weighted by molar-refractivity contribution is -0.149. The highest BCUT2D eigenvalue weighted by molar-refractivity contribution is 5.91. The van der Waals surface area contributed by atoms with Gasteiger partial charge in [0.05, 0.1) is 6.04 Å². The molecule has 2 fully saturated rings. The number of carboxylic acid groups (broad SMARTS) is 1. The molecule has 3 amide bonds. The van der Waals surface area contributed by atoms with Gasteiger partial charge in [0.2, 0.25) is 17.7 Å². The number of nitrogens with one attached hydrogen (secondary N) is 3. The first-order valence-corrected chi connectivity index (χ1v) is 15.4. The van der Waals surface area contributed by atoms with Crippen LogP contribution in [0.2, 0.25) is 0 Å².